The van der Waals surface area contributed by atoms with Crippen molar-refractivity contribution in [2.75, 3.05) is 13.1 Å². The van der Waals surface area contributed by atoms with Gasteiger partial charge in [0.15, 0.2) is 0 Å². The lowest BCUT2D eigenvalue weighted by molar-refractivity contribution is -0.167. The molecule has 6 atom stereocenters. The summed E-state index contributed by atoms with van der Waals surface area (Å²) in [6.07, 6.45) is 7.06. The van der Waals surface area contributed by atoms with Gasteiger partial charge >= 0.3 is 11.9 Å². The maximum Gasteiger partial charge on any atom is 0.328 e. The van der Waals surface area contributed by atoms with Gasteiger partial charge in [-0.05, 0) is 83.3 Å². The first kappa shape index (κ1) is 49.1. The van der Waals surface area contributed by atoms with E-state index in [0.29, 0.717) is 42.2 Å². The van der Waals surface area contributed by atoms with Gasteiger partial charge in [0.2, 0.25) is 11.8 Å². The molecule has 1 saturated heterocycles. The number of para-hydroxylation sites is 1. The summed E-state index contributed by atoms with van der Waals surface area (Å²) in [6, 6.07) is 1.66. The summed E-state index contributed by atoms with van der Waals surface area (Å²) < 4.78 is 5.74. The van der Waals surface area contributed by atoms with E-state index in [4.69, 9.17) is 9.84 Å². The molecule has 18 heteroatoms. The Kier molecular flexibility index (Phi) is 22.0. The number of carboxylic acids is 1. The molecule has 5 amide bonds. The van der Waals surface area contributed by atoms with Gasteiger partial charge in [-0.15, -0.1) is 0 Å². The van der Waals surface area contributed by atoms with E-state index in [0.717, 1.165) is 25.7 Å². The van der Waals surface area contributed by atoms with Gasteiger partial charge in [0, 0.05) is 25.6 Å². The van der Waals surface area contributed by atoms with Crippen LogP contribution in [0.4, 0.5) is 0 Å². The van der Waals surface area contributed by atoms with E-state index in [1.165, 1.54) is 44.2 Å². The Morgan fingerprint density at radius 3 is 2.33 bits per heavy atom. The maximum atomic E-state index is 13.7. The number of benzene rings is 1. The number of hydroxylamine groups is 4. The zero-order valence-electron chi connectivity index (χ0n) is 33.6. The number of allylic oxidation sites excluding steroid dienone is 1. The molecular formula is C40H61N5O13. The third kappa shape index (κ3) is 17.2. The van der Waals surface area contributed by atoms with Gasteiger partial charge in [0.1, 0.15) is 30.0 Å². The number of carbonyl (C=O) groups is 7. The first-order valence-electron chi connectivity index (χ1n) is 20.0. The van der Waals surface area contributed by atoms with Crippen LogP contribution in [0, 0.1) is 5.92 Å². The number of ether oxygens (including phenoxy) is 1. The van der Waals surface area contributed by atoms with E-state index in [1.807, 2.05) is 0 Å². The van der Waals surface area contributed by atoms with Crippen molar-refractivity contribution < 1.29 is 64.0 Å². The van der Waals surface area contributed by atoms with Gasteiger partial charge < -0.3 is 36.0 Å². The molecule has 0 bridgehead atoms. The molecule has 1 aromatic carbocycles. The second kappa shape index (κ2) is 26.0. The summed E-state index contributed by atoms with van der Waals surface area (Å²) in [5.74, 6) is -6.79. The number of aromatic hydroxyl groups is 1. The minimum atomic E-state index is -1.58. The highest BCUT2D eigenvalue weighted by molar-refractivity contribution is 6.00. The van der Waals surface area contributed by atoms with E-state index < -0.39 is 77.7 Å². The molecule has 1 heterocycles. The molecule has 324 valence electrons. The number of aliphatic hydroxyl groups excluding tert-OH is 1. The number of phenolic OH excluding ortho intramolecular Hbond substituents is 1. The first-order chi connectivity index (χ1) is 27.6. The van der Waals surface area contributed by atoms with Crippen LogP contribution in [0.15, 0.2) is 36.4 Å². The van der Waals surface area contributed by atoms with Crippen LogP contribution in [0.5, 0.6) is 5.75 Å². The molecule has 0 spiro atoms. The zero-order chi connectivity index (χ0) is 43.2. The maximum absolute atomic E-state index is 13.7. The number of carbonyl (C=O) groups excluding carboxylic acids is 6. The smallest absolute Gasteiger partial charge is 0.328 e. The number of esters is 1. The van der Waals surface area contributed by atoms with E-state index in [1.54, 1.807) is 13.0 Å². The Bertz CT molecular complexity index is 1550. The molecule has 0 saturated carbocycles. The molecule has 1 aliphatic rings. The fraction of sp³-hybridized carbons (Fsp3) is 0.625. The molecule has 58 heavy (non-hydrogen) atoms. The number of hydrogen-bond donors (Lipinski definition) is 8. The third-order valence-electron chi connectivity index (χ3n) is 9.81. The number of hydrogen-bond acceptors (Lipinski definition) is 12. The van der Waals surface area contributed by atoms with Crippen molar-refractivity contribution in [1.29, 1.82) is 0 Å². The van der Waals surface area contributed by atoms with Crippen LogP contribution in [0.2, 0.25) is 0 Å². The van der Waals surface area contributed by atoms with Gasteiger partial charge in [-0.3, -0.25) is 39.2 Å². The molecule has 0 aliphatic carbocycles. The van der Waals surface area contributed by atoms with Crippen molar-refractivity contribution in [1.82, 2.24) is 26.1 Å². The fourth-order valence-electron chi connectivity index (χ4n) is 6.26. The highest BCUT2D eigenvalue weighted by atomic mass is 16.5. The number of aliphatic carboxylic acids is 1. The minimum Gasteiger partial charge on any atom is -0.507 e. The topological polar surface area (TPSA) is 272 Å². The number of nitrogens with zero attached hydrogens (tertiary/aromatic N) is 2. The van der Waals surface area contributed by atoms with E-state index in [2.05, 4.69) is 16.0 Å². The van der Waals surface area contributed by atoms with Crippen LogP contribution < -0.4 is 16.0 Å². The van der Waals surface area contributed by atoms with Gasteiger partial charge in [-0.2, -0.15) is 0 Å². The van der Waals surface area contributed by atoms with Crippen LogP contribution in [0.25, 0.3) is 0 Å². The van der Waals surface area contributed by atoms with Crippen LogP contribution in [0.1, 0.15) is 121 Å². The first-order valence-corrected chi connectivity index (χ1v) is 20.0. The Labute approximate surface area is 338 Å². The highest BCUT2D eigenvalue weighted by Crippen LogP contribution is 2.19. The summed E-state index contributed by atoms with van der Waals surface area (Å²) in [5, 5.41) is 58.1. The molecule has 1 aromatic rings. The lowest BCUT2D eigenvalue weighted by Crippen LogP contribution is -2.56. The number of carboxylic acid groups (broad SMARTS) is 1. The number of amides is 5. The quantitative estimate of drug-likeness (QED) is 0.0232. The lowest BCUT2D eigenvalue weighted by Gasteiger charge is -2.28. The van der Waals surface area contributed by atoms with E-state index in [-0.39, 0.29) is 56.5 Å². The number of aliphatic hydroxyl groups is 1. The van der Waals surface area contributed by atoms with Gasteiger partial charge in [-0.25, -0.2) is 14.9 Å². The molecule has 1 fully saturated rings. The molecule has 1 aliphatic heterocycles. The van der Waals surface area contributed by atoms with Crippen molar-refractivity contribution in [3.05, 3.63) is 42.0 Å². The largest absolute Gasteiger partial charge is 0.507 e. The molecule has 0 radical (unpaired) electrons. The molecular weight excluding hydrogens is 758 g/mol. The van der Waals surface area contributed by atoms with Crippen LogP contribution in [-0.4, -0.2) is 121 Å². The molecule has 8 N–H and O–H groups in total. The Hall–Kier alpha value is -5.07. The van der Waals surface area contributed by atoms with Crippen LogP contribution in [-0.2, 0) is 33.5 Å². The van der Waals surface area contributed by atoms with Crippen molar-refractivity contribution in [3.63, 3.8) is 0 Å². The van der Waals surface area contributed by atoms with Gasteiger partial charge in [0.25, 0.3) is 17.7 Å². The second-order valence-corrected chi connectivity index (χ2v) is 14.5. The molecule has 2 rings (SSSR count). The average Bonchev–Trinajstić information content (AvgIpc) is 3.34. The summed E-state index contributed by atoms with van der Waals surface area (Å²) in [4.78, 5) is 88.9. The van der Waals surface area contributed by atoms with Crippen molar-refractivity contribution >= 4 is 41.5 Å². The van der Waals surface area contributed by atoms with Crippen molar-refractivity contribution in [2.24, 2.45) is 5.92 Å². The summed E-state index contributed by atoms with van der Waals surface area (Å²) in [6.45, 7) is 4.45. The standard InChI is InChI=1S/C40H61N5O13/c1-4-32(26(2)36(51)41-29-19-14-17-25-45(57)39(29)54)58-40(55)30(42-38(53)35(27(3)46)43-37(52)28-18-12-13-21-31(28)47)20-15-16-24-44(56)33(48)22-10-8-6-5-7-9-11-23-34(49)50/h10,12-13,18,21-22,26-27,29-30,32,35,46-47,56-57H,4-9,11,14-17,19-20,23-25H2,1-3H3,(H,41,51)(H,42,53)(H,43,52)(H,49,50)/b22-10-/t26-,27+,29-,30+,32+,35-/m1/s1. The Morgan fingerprint density at radius 1 is 0.966 bits per heavy atom. The predicted octanol–water partition coefficient (Wildman–Crippen LogP) is 2.96. The normalized spacial score (nSPS) is 17.0. The Morgan fingerprint density at radius 2 is 1.66 bits per heavy atom. The van der Waals surface area contributed by atoms with Gasteiger partial charge in [-0.1, -0.05) is 51.3 Å². The van der Waals surface area contributed by atoms with E-state index in [9.17, 15) is 54.2 Å². The third-order valence-corrected chi connectivity index (χ3v) is 9.81. The molecule has 0 unspecified atom stereocenters. The summed E-state index contributed by atoms with van der Waals surface area (Å²) in [5.41, 5.74) is -0.157. The van der Waals surface area contributed by atoms with Gasteiger partial charge in [0.05, 0.1) is 17.6 Å². The van der Waals surface area contributed by atoms with Crippen LogP contribution in [0.3, 0.4) is 0 Å². The zero-order valence-corrected chi connectivity index (χ0v) is 33.6. The highest BCUT2D eigenvalue weighted by Gasteiger charge is 2.35. The molecule has 18 nitrogen and oxygen atoms in total. The average molecular weight is 820 g/mol. The summed E-state index contributed by atoms with van der Waals surface area (Å²) >= 11 is 0. The summed E-state index contributed by atoms with van der Waals surface area (Å²) in [7, 11) is 0. The van der Waals surface area contributed by atoms with Crippen molar-refractivity contribution in [2.45, 2.75) is 141 Å². The number of unbranched alkanes of at least 4 members (excludes halogenated alkanes) is 6. The fourth-order valence-corrected chi connectivity index (χ4v) is 6.26. The van der Waals surface area contributed by atoms with Crippen molar-refractivity contribution in [3.8, 4) is 5.75 Å². The lowest BCUT2D eigenvalue weighted by atomic mass is 10.00. The second-order valence-electron chi connectivity index (χ2n) is 14.5. The molecule has 0 aromatic heterocycles. The minimum absolute atomic E-state index is 0.0746. The Balaban J connectivity index is 2.09. The van der Waals surface area contributed by atoms with E-state index >= 15 is 0 Å². The SMILES string of the molecule is CC[C@H](OC(=O)[C@H](CCCCN(O)C(=O)/C=C\CCCCCCCC(=O)O)NC(=O)[C@H](NC(=O)c1ccccc1O)[C@H](C)O)[C@@H](C)C(=O)N[C@@H]1CCCCN(O)C1=O. The predicted molar refractivity (Wildman–Crippen MR) is 208 cm³/mol. The van der Waals surface area contributed by atoms with Crippen LogP contribution >= 0.6 is 0 Å². The number of nitrogens with one attached hydrogen (secondary N) is 3. The monoisotopic (exact) mass is 819 g/mol. The number of phenols is 1. The number of rotatable bonds is 25.